The molecule has 0 spiro atoms. The summed E-state index contributed by atoms with van der Waals surface area (Å²) in [6, 6.07) is 9.33. The fourth-order valence-electron chi connectivity index (χ4n) is 2.26. The van der Waals surface area contributed by atoms with Crippen LogP contribution in [0.2, 0.25) is 0 Å². The van der Waals surface area contributed by atoms with E-state index in [0.717, 1.165) is 23.4 Å². The lowest BCUT2D eigenvalue weighted by molar-refractivity contribution is -0.138. The number of aromatic nitrogens is 3. The van der Waals surface area contributed by atoms with E-state index in [9.17, 15) is 18.4 Å². The minimum Gasteiger partial charge on any atom is -0.264 e. The van der Waals surface area contributed by atoms with Gasteiger partial charge in [-0.25, -0.2) is 4.98 Å². The number of nitrogens with zero attached hydrogens (tertiary/aromatic N) is 4. The lowest BCUT2D eigenvalue weighted by Crippen LogP contribution is -2.10. The Labute approximate surface area is 151 Å². The molecule has 0 amide bonds. The van der Waals surface area contributed by atoms with Crippen molar-refractivity contribution in [3.05, 3.63) is 71.8 Å². The van der Waals surface area contributed by atoms with E-state index in [0.29, 0.717) is 11.3 Å². The van der Waals surface area contributed by atoms with E-state index in [4.69, 9.17) is 0 Å². The monoisotopic (exact) mass is 372 g/mol. The van der Waals surface area contributed by atoms with Crippen LogP contribution in [0.1, 0.15) is 16.7 Å². The Morgan fingerprint density at radius 1 is 1.08 bits per heavy atom. The van der Waals surface area contributed by atoms with Crippen LogP contribution in [0.3, 0.4) is 0 Å². The number of thioether (sulfide) groups is 1. The van der Waals surface area contributed by atoms with Gasteiger partial charge in [-0.2, -0.15) is 18.4 Å². The summed E-state index contributed by atoms with van der Waals surface area (Å²) in [5.41, 5.74) is -0.0751. The van der Waals surface area contributed by atoms with Crippen molar-refractivity contribution in [1.82, 2.24) is 15.0 Å². The summed E-state index contributed by atoms with van der Waals surface area (Å²) in [7, 11) is 0. The van der Waals surface area contributed by atoms with Gasteiger partial charge in [0.05, 0.1) is 16.8 Å². The summed E-state index contributed by atoms with van der Waals surface area (Å²) in [5, 5.41) is 9.33. The van der Waals surface area contributed by atoms with Gasteiger partial charge in [-0.1, -0.05) is 6.07 Å². The van der Waals surface area contributed by atoms with Gasteiger partial charge < -0.3 is 0 Å². The molecule has 0 aliphatic rings. The molecule has 0 atom stereocenters. The van der Waals surface area contributed by atoms with Crippen LogP contribution < -0.4 is 0 Å². The molecule has 0 N–H and O–H groups in total. The molecule has 26 heavy (non-hydrogen) atoms. The van der Waals surface area contributed by atoms with Gasteiger partial charge >= 0.3 is 6.18 Å². The maximum absolute atomic E-state index is 13.5. The molecule has 0 saturated heterocycles. The molecule has 0 aliphatic carbocycles. The van der Waals surface area contributed by atoms with Crippen molar-refractivity contribution >= 4 is 11.8 Å². The molecule has 0 aromatic carbocycles. The van der Waals surface area contributed by atoms with Gasteiger partial charge in [-0.05, 0) is 29.8 Å². The molecule has 3 aromatic rings. The Balaban J connectivity index is 2.07. The van der Waals surface area contributed by atoms with Gasteiger partial charge in [0.1, 0.15) is 11.1 Å². The smallest absolute Gasteiger partial charge is 0.264 e. The average molecular weight is 372 g/mol. The van der Waals surface area contributed by atoms with E-state index in [1.807, 2.05) is 6.07 Å². The highest BCUT2D eigenvalue weighted by atomic mass is 32.2. The van der Waals surface area contributed by atoms with E-state index in [1.165, 1.54) is 12.4 Å². The quantitative estimate of drug-likeness (QED) is 0.620. The molecular weight excluding hydrogens is 361 g/mol. The zero-order valence-electron chi connectivity index (χ0n) is 13.2. The summed E-state index contributed by atoms with van der Waals surface area (Å²) in [6.45, 7) is 0. The van der Waals surface area contributed by atoms with E-state index < -0.39 is 17.3 Å². The van der Waals surface area contributed by atoms with Gasteiger partial charge in [-0.3, -0.25) is 9.97 Å². The van der Waals surface area contributed by atoms with E-state index in [-0.39, 0.29) is 10.7 Å². The van der Waals surface area contributed by atoms with E-state index in [2.05, 4.69) is 15.0 Å². The first-order valence-corrected chi connectivity index (χ1v) is 8.42. The normalized spacial score (nSPS) is 11.2. The van der Waals surface area contributed by atoms with Crippen molar-refractivity contribution < 1.29 is 13.2 Å². The van der Waals surface area contributed by atoms with Gasteiger partial charge in [0.25, 0.3) is 0 Å². The van der Waals surface area contributed by atoms with Gasteiger partial charge in [0, 0.05) is 36.1 Å². The lowest BCUT2D eigenvalue weighted by atomic mass is 10.1. The highest BCUT2D eigenvalue weighted by molar-refractivity contribution is 7.98. The molecule has 3 heterocycles. The highest BCUT2D eigenvalue weighted by Crippen LogP contribution is 2.38. The summed E-state index contributed by atoms with van der Waals surface area (Å²) in [5.74, 6) is 0.351. The molecule has 0 saturated carbocycles. The molecule has 3 rings (SSSR count). The predicted molar refractivity (Wildman–Crippen MR) is 91.0 cm³/mol. The molecular formula is C18H11F3N4S. The van der Waals surface area contributed by atoms with E-state index >= 15 is 0 Å². The van der Waals surface area contributed by atoms with Crippen LogP contribution in [0.15, 0.2) is 60.1 Å². The second kappa shape index (κ2) is 7.54. The molecule has 0 aliphatic heterocycles. The number of nitriles is 1. The molecule has 0 fully saturated rings. The van der Waals surface area contributed by atoms with Crippen LogP contribution in [0.25, 0.3) is 11.3 Å². The highest BCUT2D eigenvalue weighted by Gasteiger charge is 2.36. The van der Waals surface area contributed by atoms with Crippen LogP contribution in [-0.4, -0.2) is 15.0 Å². The van der Waals surface area contributed by atoms with Gasteiger partial charge in [-0.15, -0.1) is 11.8 Å². The van der Waals surface area contributed by atoms with Gasteiger partial charge in [0.2, 0.25) is 0 Å². The fraction of sp³-hybridized carbons (Fsp3) is 0.111. The molecule has 0 bridgehead atoms. The SMILES string of the molecule is N#Cc1c(C(F)(F)F)cc(-c2cccnc2)nc1SCc1cccnc1. The first kappa shape index (κ1) is 17.9. The van der Waals surface area contributed by atoms with Crippen molar-refractivity contribution in [2.45, 2.75) is 17.0 Å². The first-order valence-electron chi connectivity index (χ1n) is 7.43. The molecule has 8 heteroatoms. The predicted octanol–water partition coefficient (Wildman–Crippen LogP) is 4.72. The van der Waals surface area contributed by atoms with Crippen molar-refractivity contribution in [1.29, 1.82) is 5.26 Å². The summed E-state index contributed by atoms with van der Waals surface area (Å²) >= 11 is 1.07. The molecule has 4 nitrogen and oxygen atoms in total. The zero-order valence-corrected chi connectivity index (χ0v) is 14.1. The minimum absolute atomic E-state index is 0.0324. The zero-order chi connectivity index (χ0) is 18.6. The van der Waals surface area contributed by atoms with Crippen LogP contribution in [0, 0.1) is 11.3 Å². The molecule has 130 valence electrons. The van der Waals surface area contributed by atoms with Crippen molar-refractivity contribution in [2.24, 2.45) is 0 Å². The number of halogens is 3. The van der Waals surface area contributed by atoms with Crippen LogP contribution in [-0.2, 0) is 11.9 Å². The standard InChI is InChI=1S/C18H11F3N4S/c19-18(20,21)15-7-16(13-4-2-6-24-10-13)25-17(14(15)8-22)26-11-12-3-1-5-23-9-12/h1-7,9-10H,11H2. The summed E-state index contributed by atoms with van der Waals surface area (Å²) < 4.78 is 40.4. The third kappa shape index (κ3) is 4.00. The van der Waals surface area contributed by atoms with Crippen molar-refractivity contribution in [2.75, 3.05) is 0 Å². The Bertz CT molecular complexity index is 938. The molecule has 0 unspecified atom stereocenters. The third-order valence-electron chi connectivity index (χ3n) is 3.46. The summed E-state index contributed by atoms with van der Waals surface area (Å²) in [6.07, 6.45) is 1.53. The van der Waals surface area contributed by atoms with Crippen LogP contribution >= 0.6 is 11.8 Å². The number of hydrogen-bond donors (Lipinski definition) is 0. The second-order valence-corrected chi connectivity index (χ2v) is 6.20. The Morgan fingerprint density at radius 3 is 2.38 bits per heavy atom. The van der Waals surface area contributed by atoms with Crippen LogP contribution in [0.4, 0.5) is 13.2 Å². The third-order valence-corrected chi connectivity index (χ3v) is 4.51. The second-order valence-electron chi connectivity index (χ2n) is 5.24. The Hall–Kier alpha value is -2.92. The maximum atomic E-state index is 13.5. The number of alkyl halides is 3. The largest absolute Gasteiger partial charge is 0.417 e. The average Bonchev–Trinajstić information content (AvgIpc) is 2.66. The van der Waals surface area contributed by atoms with Crippen molar-refractivity contribution in [3.8, 4) is 17.3 Å². The summed E-state index contributed by atoms with van der Waals surface area (Å²) in [4.78, 5) is 12.2. The maximum Gasteiger partial charge on any atom is 0.417 e. The first-order chi connectivity index (χ1) is 12.5. The molecule has 0 radical (unpaired) electrons. The fourth-order valence-corrected chi connectivity index (χ4v) is 3.19. The Morgan fingerprint density at radius 2 is 1.81 bits per heavy atom. The molecule has 3 aromatic heterocycles. The topological polar surface area (TPSA) is 62.5 Å². The van der Waals surface area contributed by atoms with E-state index in [1.54, 1.807) is 36.7 Å². The minimum atomic E-state index is -4.66. The lowest BCUT2D eigenvalue weighted by Gasteiger charge is -2.14. The number of pyridine rings is 3. The number of hydrogen-bond acceptors (Lipinski definition) is 5. The Kier molecular flexibility index (Phi) is 5.19. The van der Waals surface area contributed by atoms with Gasteiger partial charge in [0.15, 0.2) is 0 Å². The number of rotatable bonds is 4. The van der Waals surface area contributed by atoms with Crippen LogP contribution in [0.5, 0.6) is 0 Å². The van der Waals surface area contributed by atoms with Crippen molar-refractivity contribution in [3.63, 3.8) is 0 Å².